The quantitative estimate of drug-likeness (QED) is 0.791. The van der Waals surface area contributed by atoms with Gasteiger partial charge in [-0.25, -0.2) is 0 Å². The second kappa shape index (κ2) is 4.30. The summed E-state index contributed by atoms with van der Waals surface area (Å²) in [5.41, 5.74) is 2.39. The summed E-state index contributed by atoms with van der Waals surface area (Å²) >= 11 is 0. The van der Waals surface area contributed by atoms with Crippen LogP contribution < -0.4 is 10.6 Å². The molecule has 3 N–H and O–H groups in total. The van der Waals surface area contributed by atoms with Gasteiger partial charge in [0, 0.05) is 17.8 Å². The molecule has 0 saturated heterocycles. The Labute approximate surface area is 119 Å². The molecule has 4 nitrogen and oxygen atoms in total. The molecule has 20 heavy (non-hydrogen) atoms. The Kier molecular flexibility index (Phi) is 2.92. The van der Waals surface area contributed by atoms with Crippen LogP contribution >= 0.6 is 0 Å². The average Bonchev–Trinajstić information content (AvgIpc) is 3.10. The van der Waals surface area contributed by atoms with Gasteiger partial charge < -0.3 is 15.7 Å². The van der Waals surface area contributed by atoms with E-state index < -0.39 is 6.10 Å². The number of carbonyl (C=O) groups is 1. The lowest BCUT2D eigenvalue weighted by molar-refractivity contribution is -0.117. The van der Waals surface area contributed by atoms with Crippen LogP contribution in [0.2, 0.25) is 0 Å². The predicted molar refractivity (Wildman–Crippen MR) is 78.7 cm³/mol. The highest BCUT2D eigenvalue weighted by molar-refractivity contribution is 6.08. The lowest BCUT2D eigenvalue weighted by atomic mass is 9.90. The number of fused-ring (bicyclic) bond motifs is 2. The van der Waals surface area contributed by atoms with Crippen molar-refractivity contribution >= 4 is 11.6 Å². The minimum Gasteiger partial charge on any atom is -0.387 e. The highest BCUT2D eigenvalue weighted by atomic mass is 16.3. The molecule has 0 unspecified atom stereocenters. The summed E-state index contributed by atoms with van der Waals surface area (Å²) in [4.78, 5) is 12.1. The first kappa shape index (κ1) is 13.6. The van der Waals surface area contributed by atoms with Crippen LogP contribution in [0.15, 0.2) is 18.2 Å². The smallest absolute Gasteiger partial charge is 0.235 e. The van der Waals surface area contributed by atoms with Crippen molar-refractivity contribution in [3.05, 3.63) is 29.3 Å². The van der Waals surface area contributed by atoms with Crippen molar-refractivity contribution in [1.82, 2.24) is 5.32 Å². The van der Waals surface area contributed by atoms with Crippen LogP contribution in [-0.2, 0) is 10.2 Å². The van der Waals surface area contributed by atoms with Crippen molar-refractivity contribution in [2.45, 2.75) is 50.7 Å². The van der Waals surface area contributed by atoms with Crippen LogP contribution in [0.25, 0.3) is 0 Å². The predicted octanol–water partition coefficient (Wildman–Crippen LogP) is 2.09. The van der Waals surface area contributed by atoms with E-state index in [1.165, 1.54) is 0 Å². The molecule has 1 amide bonds. The summed E-state index contributed by atoms with van der Waals surface area (Å²) in [7, 11) is 0. The molecule has 4 heteroatoms. The van der Waals surface area contributed by atoms with E-state index in [1.54, 1.807) is 0 Å². The Morgan fingerprint density at radius 1 is 1.40 bits per heavy atom. The zero-order valence-corrected chi connectivity index (χ0v) is 12.3. The molecule has 0 aromatic heterocycles. The van der Waals surface area contributed by atoms with Crippen molar-refractivity contribution in [3.8, 4) is 0 Å². The fourth-order valence-corrected chi connectivity index (χ4v) is 2.96. The number of aliphatic hydroxyl groups is 1. The molecule has 3 rings (SSSR count). The molecule has 1 fully saturated rings. The number of aliphatic hydroxyl groups excluding tert-OH is 1. The maximum absolute atomic E-state index is 12.1. The first-order valence-electron chi connectivity index (χ1n) is 7.21. The molecule has 1 aliphatic heterocycles. The minimum atomic E-state index is -0.589. The lowest BCUT2D eigenvalue weighted by Crippen LogP contribution is -2.38. The van der Waals surface area contributed by atoms with Gasteiger partial charge in [-0.05, 0) is 50.8 Å². The van der Waals surface area contributed by atoms with Crippen molar-refractivity contribution < 1.29 is 9.90 Å². The SMILES string of the molecule is CC(C)(C)NC[C@H](O)c1cccc2c1C1(CC1)C(=O)N2. The number of β-amino-alcohol motifs (C(OH)–C–C–N with tert-alkyl or cyclic N) is 1. The topological polar surface area (TPSA) is 61.4 Å². The van der Waals surface area contributed by atoms with Crippen molar-refractivity contribution in [2.75, 3.05) is 11.9 Å². The fourth-order valence-electron chi connectivity index (χ4n) is 2.96. The monoisotopic (exact) mass is 274 g/mol. The average molecular weight is 274 g/mol. The first-order valence-corrected chi connectivity index (χ1v) is 7.21. The Bertz CT molecular complexity index is 556. The molecule has 108 valence electrons. The number of amides is 1. The molecule has 1 spiro atoms. The van der Waals surface area contributed by atoms with Gasteiger partial charge in [-0.1, -0.05) is 12.1 Å². The maximum atomic E-state index is 12.1. The van der Waals surface area contributed by atoms with E-state index in [0.717, 1.165) is 29.7 Å². The molecule has 1 saturated carbocycles. The van der Waals surface area contributed by atoms with Gasteiger partial charge in [-0.2, -0.15) is 0 Å². The minimum absolute atomic E-state index is 0.0374. The Balaban J connectivity index is 1.89. The van der Waals surface area contributed by atoms with Crippen LogP contribution in [0.3, 0.4) is 0 Å². The third-order valence-electron chi connectivity index (χ3n) is 4.19. The molecule has 0 bridgehead atoms. The van der Waals surface area contributed by atoms with E-state index in [-0.39, 0.29) is 16.9 Å². The van der Waals surface area contributed by atoms with Crippen molar-refractivity contribution in [1.29, 1.82) is 0 Å². The number of hydrogen-bond acceptors (Lipinski definition) is 3. The number of rotatable bonds is 3. The largest absolute Gasteiger partial charge is 0.387 e. The van der Waals surface area contributed by atoms with E-state index in [9.17, 15) is 9.90 Å². The Morgan fingerprint density at radius 3 is 2.70 bits per heavy atom. The van der Waals surface area contributed by atoms with Gasteiger partial charge in [0.15, 0.2) is 0 Å². The van der Waals surface area contributed by atoms with Gasteiger partial charge >= 0.3 is 0 Å². The van der Waals surface area contributed by atoms with Gasteiger partial charge in [0.05, 0.1) is 11.5 Å². The Morgan fingerprint density at radius 2 is 2.10 bits per heavy atom. The molecule has 0 radical (unpaired) electrons. The van der Waals surface area contributed by atoms with Gasteiger partial charge in [0.2, 0.25) is 5.91 Å². The molecule has 1 aromatic rings. The van der Waals surface area contributed by atoms with Crippen LogP contribution in [0.5, 0.6) is 0 Å². The number of nitrogens with one attached hydrogen (secondary N) is 2. The second-order valence-corrected chi connectivity index (χ2v) is 6.95. The Hall–Kier alpha value is -1.39. The third-order valence-corrected chi connectivity index (χ3v) is 4.19. The van der Waals surface area contributed by atoms with Gasteiger partial charge in [-0.15, -0.1) is 0 Å². The van der Waals surface area contributed by atoms with Crippen LogP contribution in [0, 0.1) is 0 Å². The zero-order valence-electron chi connectivity index (χ0n) is 12.3. The second-order valence-electron chi connectivity index (χ2n) is 6.95. The van der Waals surface area contributed by atoms with Crippen LogP contribution in [0.4, 0.5) is 5.69 Å². The van der Waals surface area contributed by atoms with Crippen molar-refractivity contribution in [2.24, 2.45) is 0 Å². The molecule has 1 aromatic carbocycles. The number of benzene rings is 1. The molecule has 1 aliphatic carbocycles. The molecule has 2 aliphatic rings. The van der Waals surface area contributed by atoms with Crippen LogP contribution in [0.1, 0.15) is 50.8 Å². The summed E-state index contributed by atoms with van der Waals surface area (Å²) < 4.78 is 0. The van der Waals surface area contributed by atoms with E-state index in [4.69, 9.17) is 0 Å². The van der Waals surface area contributed by atoms with Gasteiger partial charge in [0.1, 0.15) is 0 Å². The standard InChI is InChI=1S/C16H22N2O2/c1-15(2,3)17-9-12(19)10-5-4-6-11-13(10)16(7-8-16)14(20)18-11/h4-6,12,17,19H,7-9H2,1-3H3,(H,18,20)/t12-/m0/s1. The number of hydrogen-bond donors (Lipinski definition) is 3. The van der Waals surface area contributed by atoms with Crippen LogP contribution in [-0.4, -0.2) is 23.1 Å². The molecule has 1 heterocycles. The van der Waals surface area contributed by atoms with Crippen molar-refractivity contribution in [3.63, 3.8) is 0 Å². The van der Waals surface area contributed by atoms with E-state index in [2.05, 4.69) is 31.4 Å². The maximum Gasteiger partial charge on any atom is 0.235 e. The normalized spacial score (nSPS) is 20.7. The third kappa shape index (κ3) is 2.13. The highest BCUT2D eigenvalue weighted by Gasteiger charge is 2.57. The lowest BCUT2D eigenvalue weighted by Gasteiger charge is -2.24. The summed E-state index contributed by atoms with van der Waals surface area (Å²) in [6, 6.07) is 5.76. The summed E-state index contributed by atoms with van der Waals surface area (Å²) in [6.45, 7) is 6.71. The molecule has 1 atom stereocenters. The van der Waals surface area contributed by atoms with E-state index in [1.807, 2.05) is 18.2 Å². The van der Waals surface area contributed by atoms with Gasteiger partial charge in [-0.3, -0.25) is 4.79 Å². The zero-order chi connectivity index (χ0) is 14.5. The van der Waals surface area contributed by atoms with E-state index >= 15 is 0 Å². The highest BCUT2D eigenvalue weighted by Crippen LogP contribution is 2.56. The number of carbonyl (C=O) groups excluding carboxylic acids is 1. The number of anilines is 1. The molecular formula is C16H22N2O2. The summed E-state index contributed by atoms with van der Waals surface area (Å²) in [5.74, 6) is 0.0935. The van der Waals surface area contributed by atoms with Gasteiger partial charge in [0.25, 0.3) is 0 Å². The van der Waals surface area contributed by atoms with E-state index in [0.29, 0.717) is 6.54 Å². The fraction of sp³-hybridized carbons (Fsp3) is 0.562. The molecular weight excluding hydrogens is 252 g/mol. The first-order chi connectivity index (χ1) is 9.33. The summed E-state index contributed by atoms with van der Waals surface area (Å²) in [5, 5.41) is 16.8. The summed E-state index contributed by atoms with van der Waals surface area (Å²) in [6.07, 6.45) is 1.19.